The normalized spacial score (nSPS) is 17.1. The highest BCUT2D eigenvalue weighted by Gasteiger charge is 2.15. The number of ether oxygens (including phenoxy) is 2. The quantitative estimate of drug-likeness (QED) is 0.374. The minimum absolute atomic E-state index is 0.279. The molecule has 1 saturated heterocycles. The Morgan fingerprint density at radius 1 is 1.19 bits per heavy atom. The van der Waals surface area contributed by atoms with Crippen LogP contribution in [0.2, 0.25) is 0 Å². The van der Waals surface area contributed by atoms with E-state index >= 15 is 0 Å². The highest BCUT2D eigenvalue weighted by atomic mass is 16.5. The van der Waals surface area contributed by atoms with Crippen LogP contribution in [0.5, 0.6) is 0 Å². The number of nitrogens with one attached hydrogen (secondary N) is 1. The van der Waals surface area contributed by atoms with Gasteiger partial charge in [-0.3, -0.25) is 0 Å². The fraction of sp³-hybridized carbons (Fsp3) is 0.409. The maximum absolute atomic E-state index is 11.9. The molecular weight excluding hydrogens is 342 g/mol. The number of fused-ring (bicyclic) bond motifs is 3. The molecule has 2 aromatic carbocycles. The van der Waals surface area contributed by atoms with Gasteiger partial charge < -0.3 is 19.2 Å². The van der Waals surface area contributed by atoms with Crippen LogP contribution in [-0.2, 0) is 16.0 Å². The van der Waals surface area contributed by atoms with Crippen LogP contribution in [0, 0.1) is 0 Å². The summed E-state index contributed by atoms with van der Waals surface area (Å²) in [5, 5.41) is 6.68. The van der Waals surface area contributed by atoms with Crippen molar-refractivity contribution in [2.75, 3.05) is 26.4 Å². The van der Waals surface area contributed by atoms with Gasteiger partial charge in [0, 0.05) is 31.2 Å². The molecule has 0 bridgehead atoms. The summed E-state index contributed by atoms with van der Waals surface area (Å²) < 4.78 is 16.6. The lowest BCUT2D eigenvalue weighted by atomic mass is 10.0. The molecule has 3 aromatic rings. The van der Waals surface area contributed by atoms with E-state index in [9.17, 15) is 4.79 Å². The van der Waals surface area contributed by atoms with Crippen molar-refractivity contribution in [3.63, 3.8) is 0 Å². The van der Waals surface area contributed by atoms with Gasteiger partial charge in [0.1, 0.15) is 5.58 Å². The predicted octanol–water partition coefficient (Wildman–Crippen LogP) is 3.62. The molecule has 5 nitrogen and oxygen atoms in total. The predicted molar refractivity (Wildman–Crippen MR) is 106 cm³/mol. The van der Waals surface area contributed by atoms with E-state index in [1.807, 2.05) is 24.3 Å². The first-order chi connectivity index (χ1) is 13.3. The molecule has 0 radical (unpaired) electrons. The Morgan fingerprint density at radius 3 is 3.00 bits per heavy atom. The van der Waals surface area contributed by atoms with E-state index in [1.54, 1.807) is 6.07 Å². The van der Waals surface area contributed by atoms with Gasteiger partial charge in [0.2, 0.25) is 0 Å². The summed E-state index contributed by atoms with van der Waals surface area (Å²) in [5.74, 6) is 0. The molecule has 5 heteroatoms. The van der Waals surface area contributed by atoms with Crippen LogP contribution < -0.4 is 10.9 Å². The van der Waals surface area contributed by atoms with E-state index in [0.29, 0.717) is 25.3 Å². The Labute approximate surface area is 158 Å². The summed E-state index contributed by atoms with van der Waals surface area (Å²) in [4.78, 5) is 11.9. The fourth-order valence-electron chi connectivity index (χ4n) is 3.67. The zero-order valence-corrected chi connectivity index (χ0v) is 15.4. The summed E-state index contributed by atoms with van der Waals surface area (Å²) in [6.45, 7) is 3.73. The molecule has 1 aromatic heterocycles. The second-order valence-electron chi connectivity index (χ2n) is 6.99. The van der Waals surface area contributed by atoms with Crippen LogP contribution in [0.1, 0.15) is 24.8 Å². The van der Waals surface area contributed by atoms with Crippen molar-refractivity contribution in [3.8, 4) is 0 Å². The Hall–Kier alpha value is -2.21. The van der Waals surface area contributed by atoms with Crippen molar-refractivity contribution in [3.05, 3.63) is 58.4 Å². The second-order valence-corrected chi connectivity index (χ2v) is 6.99. The maximum Gasteiger partial charge on any atom is 0.336 e. The second kappa shape index (κ2) is 8.65. The standard InChI is InChI=1S/C22H25NO4/c24-21-13-17(14-23-10-4-11-25-15-18-6-3-12-26-18)22-19-7-2-1-5-16(19)8-9-20(22)27-21/h1-2,5,7-9,13,18,23H,3-4,6,10-12,14-15H2/t18-/m0/s1. The van der Waals surface area contributed by atoms with E-state index < -0.39 is 0 Å². The molecule has 1 fully saturated rings. The van der Waals surface area contributed by atoms with E-state index in [0.717, 1.165) is 54.1 Å². The summed E-state index contributed by atoms with van der Waals surface area (Å²) in [6, 6.07) is 13.6. The summed E-state index contributed by atoms with van der Waals surface area (Å²) in [6.07, 6.45) is 3.45. The number of hydrogen-bond donors (Lipinski definition) is 1. The van der Waals surface area contributed by atoms with Gasteiger partial charge in [-0.25, -0.2) is 4.79 Å². The zero-order chi connectivity index (χ0) is 18.5. The lowest BCUT2D eigenvalue weighted by molar-refractivity contribution is 0.0166. The van der Waals surface area contributed by atoms with Crippen LogP contribution in [0.25, 0.3) is 21.7 Å². The first-order valence-electron chi connectivity index (χ1n) is 9.66. The lowest BCUT2D eigenvalue weighted by Crippen LogP contribution is -2.19. The Balaban J connectivity index is 1.37. The number of rotatable bonds is 8. The molecule has 1 aliphatic rings. The highest BCUT2D eigenvalue weighted by Crippen LogP contribution is 2.27. The van der Waals surface area contributed by atoms with Crippen molar-refractivity contribution in [1.82, 2.24) is 5.32 Å². The van der Waals surface area contributed by atoms with Crippen LogP contribution in [0.3, 0.4) is 0 Å². The van der Waals surface area contributed by atoms with Crippen molar-refractivity contribution in [2.45, 2.75) is 31.9 Å². The van der Waals surface area contributed by atoms with Gasteiger partial charge in [0.25, 0.3) is 0 Å². The van der Waals surface area contributed by atoms with Crippen LogP contribution in [0.4, 0.5) is 0 Å². The molecule has 0 aliphatic carbocycles. The average molecular weight is 367 g/mol. The van der Waals surface area contributed by atoms with Crippen molar-refractivity contribution >= 4 is 21.7 Å². The minimum Gasteiger partial charge on any atom is -0.423 e. The van der Waals surface area contributed by atoms with Crippen molar-refractivity contribution in [2.24, 2.45) is 0 Å². The molecule has 4 rings (SSSR count). The molecule has 142 valence electrons. The van der Waals surface area contributed by atoms with Gasteiger partial charge in [-0.15, -0.1) is 0 Å². The molecule has 2 heterocycles. The summed E-state index contributed by atoms with van der Waals surface area (Å²) in [7, 11) is 0. The third-order valence-electron chi connectivity index (χ3n) is 5.00. The molecule has 27 heavy (non-hydrogen) atoms. The fourth-order valence-corrected chi connectivity index (χ4v) is 3.67. The molecule has 0 saturated carbocycles. The number of benzene rings is 2. The summed E-state index contributed by atoms with van der Waals surface area (Å²) in [5.41, 5.74) is 1.30. The van der Waals surface area contributed by atoms with Gasteiger partial charge in [-0.1, -0.05) is 30.3 Å². The molecule has 0 spiro atoms. The highest BCUT2D eigenvalue weighted by molar-refractivity contribution is 6.07. The van der Waals surface area contributed by atoms with Crippen molar-refractivity contribution < 1.29 is 13.9 Å². The molecule has 1 atom stereocenters. The minimum atomic E-state index is -0.311. The van der Waals surface area contributed by atoms with Gasteiger partial charge in [0.15, 0.2) is 0 Å². The molecule has 1 N–H and O–H groups in total. The third-order valence-corrected chi connectivity index (χ3v) is 5.00. The SMILES string of the molecule is O=c1cc(CNCCCOC[C@@H]2CCCO2)c2c(ccc3ccccc32)o1. The van der Waals surface area contributed by atoms with Gasteiger partial charge in [0.05, 0.1) is 12.7 Å². The van der Waals surface area contributed by atoms with Gasteiger partial charge in [-0.2, -0.15) is 0 Å². The monoisotopic (exact) mass is 367 g/mol. The first-order valence-corrected chi connectivity index (χ1v) is 9.66. The summed E-state index contributed by atoms with van der Waals surface area (Å²) >= 11 is 0. The molecule has 1 aliphatic heterocycles. The molecule has 0 amide bonds. The van der Waals surface area contributed by atoms with Crippen LogP contribution in [-0.4, -0.2) is 32.5 Å². The Kier molecular flexibility index (Phi) is 5.82. The van der Waals surface area contributed by atoms with Crippen LogP contribution >= 0.6 is 0 Å². The molecular formula is C22H25NO4. The van der Waals surface area contributed by atoms with E-state index in [2.05, 4.69) is 17.4 Å². The smallest absolute Gasteiger partial charge is 0.336 e. The first kappa shape index (κ1) is 18.2. The van der Waals surface area contributed by atoms with E-state index in [4.69, 9.17) is 13.9 Å². The lowest BCUT2D eigenvalue weighted by Gasteiger charge is -2.11. The Bertz CT molecular complexity index is 959. The Morgan fingerprint density at radius 2 is 2.11 bits per heavy atom. The van der Waals surface area contributed by atoms with Gasteiger partial charge in [-0.05, 0) is 48.2 Å². The van der Waals surface area contributed by atoms with Crippen LogP contribution in [0.15, 0.2) is 51.7 Å². The molecule has 0 unspecified atom stereocenters. The zero-order valence-electron chi connectivity index (χ0n) is 15.4. The number of hydrogen-bond acceptors (Lipinski definition) is 5. The third kappa shape index (κ3) is 4.38. The topological polar surface area (TPSA) is 60.7 Å². The average Bonchev–Trinajstić information content (AvgIpc) is 3.20. The van der Waals surface area contributed by atoms with E-state index in [1.165, 1.54) is 0 Å². The van der Waals surface area contributed by atoms with Gasteiger partial charge >= 0.3 is 5.63 Å². The maximum atomic E-state index is 11.9. The largest absolute Gasteiger partial charge is 0.423 e. The van der Waals surface area contributed by atoms with E-state index in [-0.39, 0.29) is 11.7 Å². The van der Waals surface area contributed by atoms with Crippen molar-refractivity contribution in [1.29, 1.82) is 0 Å².